The fraction of sp³-hybridized carbons (Fsp3) is 0.417. The molecule has 4 nitrogen and oxygen atoms in total. The Morgan fingerprint density at radius 3 is 3.00 bits per heavy atom. The number of hydrogen-bond donors (Lipinski definition) is 2. The van der Waals surface area contributed by atoms with Gasteiger partial charge in [-0.3, -0.25) is 4.79 Å². The van der Waals surface area contributed by atoms with Crippen LogP contribution >= 0.6 is 0 Å². The van der Waals surface area contributed by atoms with E-state index in [9.17, 15) is 4.79 Å². The molecule has 0 spiro atoms. The number of benzene rings is 1. The van der Waals surface area contributed by atoms with Crippen LogP contribution in [0.3, 0.4) is 0 Å². The monoisotopic (exact) mass is 220 g/mol. The van der Waals surface area contributed by atoms with E-state index in [-0.39, 0.29) is 11.9 Å². The third kappa shape index (κ3) is 2.27. The number of anilines is 1. The summed E-state index contributed by atoms with van der Waals surface area (Å²) in [5, 5.41) is 6.02. The van der Waals surface area contributed by atoms with Gasteiger partial charge in [0.15, 0.2) is 6.10 Å². The lowest BCUT2D eigenvalue weighted by Gasteiger charge is -2.27. The van der Waals surface area contributed by atoms with Gasteiger partial charge in [-0.25, -0.2) is 0 Å². The molecule has 1 aromatic rings. The lowest BCUT2D eigenvalue weighted by atomic mass is 10.2. The number of rotatable bonds is 2. The van der Waals surface area contributed by atoms with Crippen molar-refractivity contribution in [2.45, 2.75) is 26.0 Å². The molecule has 1 atom stereocenters. The standard InChI is InChI=1S/C12H16N2O2/c1-8(2)14-12(15)11-7-13-9-5-3-4-6-10(9)16-11/h3-6,8,11,13H,7H2,1-2H3,(H,14,15). The van der Waals surface area contributed by atoms with E-state index in [4.69, 9.17) is 4.74 Å². The van der Waals surface area contributed by atoms with E-state index < -0.39 is 6.10 Å². The van der Waals surface area contributed by atoms with Crippen LogP contribution in [0.15, 0.2) is 24.3 Å². The first-order valence-electron chi connectivity index (χ1n) is 5.47. The Hall–Kier alpha value is -1.71. The van der Waals surface area contributed by atoms with Gasteiger partial charge >= 0.3 is 0 Å². The van der Waals surface area contributed by atoms with Gasteiger partial charge in [-0.1, -0.05) is 12.1 Å². The molecule has 2 N–H and O–H groups in total. The van der Waals surface area contributed by atoms with Gasteiger partial charge in [0.05, 0.1) is 12.2 Å². The fourth-order valence-corrected chi connectivity index (χ4v) is 1.64. The Morgan fingerprint density at radius 2 is 2.25 bits per heavy atom. The largest absolute Gasteiger partial charge is 0.477 e. The molecule has 0 radical (unpaired) electrons. The second-order valence-corrected chi connectivity index (χ2v) is 4.15. The summed E-state index contributed by atoms with van der Waals surface area (Å²) in [4.78, 5) is 11.7. The second-order valence-electron chi connectivity index (χ2n) is 4.15. The average molecular weight is 220 g/mol. The summed E-state index contributed by atoms with van der Waals surface area (Å²) in [6, 6.07) is 7.75. The van der Waals surface area contributed by atoms with Crippen LogP contribution in [0.5, 0.6) is 5.75 Å². The third-order valence-electron chi connectivity index (χ3n) is 2.36. The highest BCUT2D eigenvalue weighted by molar-refractivity contribution is 5.83. The van der Waals surface area contributed by atoms with Crippen LogP contribution in [0.4, 0.5) is 5.69 Å². The van der Waals surface area contributed by atoms with E-state index in [0.717, 1.165) is 11.4 Å². The number of carbonyl (C=O) groups is 1. The van der Waals surface area contributed by atoms with Crippen LogP contribution in [-0.2, 0) is 4.79 Å². The summed E-state index contributed by atoms with van der Waals surface area (Å²) < 4.78 is 5.62. The first-order chi connectivity index (χ1) is 7.66. The highest BCUT2D eigenvalue weighted by atomic mass is 16.5. The number of ether oxygens (including phenoxy) is 1. The molecule has 2 rings (SSSR count). The van der Waals surface area contributed by atoms with Crippen LogP contribution < -0.4 is 15.4 Å². The minimum absolute atomic E-state index is 0.0722. The average Bonchev–Trinajstić information content (AvgIpc) is 2.27. The molecule has 1 heterocycles. The molecule has 1 aromatic carbocycles. The van der Waals surface area contributed by atoms with Crippen molar-refractivity contribution in [2.24, 2.45) is 0 Å². The molecule has 0 aliphatic carbocycles. The van der Waals surface area contributed by atoms with Gasteiger partial charge in [0.25, 0.3) is 5.91 Å². The Balaban J connectivity index is 2.05. The molecule has 0 fully saturated rings. The van der Waals surface area contributed by atoms with Crippen molar-refractivity contribution in [1.82, 2.24) is 5.32 Å². The predicted molar refractivity (Wildman–Crippen MR) is 62.6 cm³/mol. The summed E-state index contributed by atoms with van der Waals surface area (Å²) in [5.74, 6) is 0.662. The van der Waals surface area contributed by atoms with Crippen LogP contribution in [0.25, 0.3) is 0 Å². The van der Waals surface area contributed by atoms with Crippen molar-refractivity contribution in [3.8, 4) is 5.75 Å². The second kappa shape index (κ2) is 4.43. The predicted octanol–water partition coefficient (Wildman–Crippen LogP) is 1.38. The van der Waals surface area contributed by atoms with Crippen LogP contribution in [-0.4, -0.2) is 24.6 Å². The molecule has 0 aromatic heterocycles. The number of carbonyl (C=O) groups excluding carboxylic acids is 1. The van der Waals surface area contributed by atoms with Crippen molar-refractivity contribution < 1.29 is 9.53 Å². The summed E-state index contributed by atoms with van der Waals surface area (Å²) in [7, 11) is 0. The zero-order chi connectivity index (χ0) is 11.5. The van der Waals surface area contributed by atoms with Crippen molar-refractivity contribution in [3.63, 3.8) is 0 Å². The van der Waals surface area contributed by atoms with Crippen molar-refractivity contribution in [2.75, 3.05) is 11.9 Å². The van der Waals surface area contributed by atoms with Crippen molar-refractivity contribution in [3.05, 3.63) is 24.3 Å². The molecule has 1 aliphatic heterocycles. The van der Waals surface area contributed by atoms with Crippen molar-refractivity contribution >= 4 is 11.6 Å². The smallest absolute Gasteiger partial charge is 0.263 e. The highest BCUT2D eigenvalue weighted by Gasteiger charge is 2.25. The van der Waals surface area contributed by atoms with E-state index in [2.05, 4.69) is 10.6 Å². The molecule has 1 unspecified atom stereocenters. The van der Waals surface area contributed by atoms with Gasteiger partial charge in [-0.15, -0.1) is 0 Å². The normalized spacial score (nSPS) is 18.3. The minimum Gasteiger partial charge on any atom is -0.477 e. The maximum atomic E-state index is 11.7. The SMILES string of the molecule is CC(C)NC(=O)C1CNc2ccccc2O1. The van der Waals surface area contributed by atoms with Crippen LogP contribution in [0, 0.1) is 0 Å². The first kappa shape index (κ1) is 10.8. The summed E-state index contributed by atoms with van der Waals surface area (Å²) in [6.45, 7) is 4.37. The molecule has 1 aliphatic rings. The molecular weight excluding hydrogens is 204 g/mol. The lowest BCUT2D eigenvalue weighted by molar-refractivity contribution is -0.128. The number of amides is 1. The van der Waals surface area contributed by atoms with Crippen LogP contribution in [0.1, 0.15) is 13.8 Å². The van der Waals surface area contributed by atoms with E-state index >= 15 is 0 Å². The Kier molecular flexibility index (Phi) is 2.99. The molecular formula is C12H16N2O2. The molecule has 0 saturated carbocycles. The molecule has 4 heteroatoms. The van der Waals surface area contributed by atoms with E-state index in [1.807, 2.05) is 38.1 Å². The molecule has 86 valence electrons. The number of hydrogen-bond acceptors (Lipinski definition) is 3. The first-order valence-corrected chi connectivity index (χ1v) is 5.47. The zero-order valence-electron chi connectivity index (χ0n) is 9.49. The van der Waals surface area contributed by atoms with E-state index in [0.29, 0.717) is 6.54 Å². The number of fused-ring (bicyclic) bond motifs is 1. The maximum Gasteiger partial charge on any atom is 0.263 e. The molecule has 0 saturated heterocycles. The van der Waals surface area contributed by atoms with Gasteiger partial charge in [0.2, 0.25) is 0 Å². The molecule has 1 amide bonds. The topological polar surface area (TPSA) is 50.4 Å². The zero-order valence-corrected chi connectivity index (χ0v) is 9.49. The Bertz CT molecular complexity index is 390. The Morgan fingerprint density at radius 1 is 1.50 bits per heavy atom. The fourth-order valence-electron chi connectivity index (χ4n) is 1.64. The van der Waals surface area contributed by atoms with Crippen molar-refractivity contribution in [1.29, 1.82) is 0 Å². The lowest BCUT2D eigenvalue weighted by Crippen LogP contribution is -2.46. The Labute approximate surface area is 95.0 Å². The molecule has 0 bridgehead atoms. The van der Waals surface area contributed by atoms with Gasteiger partial charge < -0.3 is 15.4 Å². The summed E-state index contributed by atoms with van der Waals surface area (Å²) in [5.41, 5.74) is 0.941. The highest BCUT2D eigenvalue weighted by Crippen LogP contribution is 2.28. The minimum atomic E-state index is -0.447. The van der Waals surface area contributed by atoms with Gasteiger partial charge in [0, 0.05) is 6.04 Å². The van der Waals surface area contributed by atoms with E-state index in [1.54, 1.807) is 0 Å². The van der Waals surface area contributed by atoms with E-state index in [1.165, 1.54) is 0 Å². The van der Waals surface area contributed by atoms with Gasteiger partial charge in [0.1, 0.15) is 5.75 Å². The third-order valence-corrected chi connectivity index (χ3v) is 2.36. The number of nitrogens with one attached hydrogen (secondary N) is 2. The number of para-hydroxylation sites is 2. The van der Waals surface area contributed by atoms with Crippen LogP contribution in [0.2, 0.25) is 0 Å². The quantitative estimate of drug-likeness (QED) is 0.791. The summed E-state index contributed by atoms with van der Waals surface area (Å²) in [6.07, 6.45) is -0.447. The molecule has 16 heavy (non-hydrogen) atoms. The maximum absolute atomic E-state index is 11.7. The van der Waals surface area contributed by atoms with Gasteiger partial charge in [-0.05, 0) is 26.0 Å². The van der Waals surface area contributed by atoms with Gasteiger partial charge in [-0.2, -0.15) is 0 Å². The summed E-state index contributed by atoms with van der Waals surface area (Å²) >= 11 is 0.